The van der Waals surface area contributed by atoms with Gasteiger partial charge < -0.3 is 19.5 Å². The molecule has 0 atom stereocenters. The second kappa shape index (κ2) is 12.7. The molecule has 2 amide bonds. The molecule has 0 unspecified atom stereocenters. The van der Waals surface area contributed by atoms with E-state index in [-0.39, 0.29) is 25.6 Å². The summed E-state index contributed by atoms with van der Waals surface area (Å²) in [5, 5.41) is 6.35. The minimum Gasteiger partial charge on any atom is -0.493 e. The molecule has 3 rings (SSSR count). The maximum atomic E-state index is 13.0. The van der Waals surface area contributed by atoms with Crippen molar-refractivity contribution in [2.75, 3.05) is 20.3 Å². The highest BCUT2D eigenvalue weighted by Gasteiger charge is 2.08. The number of ether oxygens (including phenoxy) is 3. The first-order valence-electron chi connectivity index (χ1n) is 10.8. The molecule has 0 saturated heterocycles. The molecule has 3 aromatic carbocycles. The summed E-state index contributed by atoms with van der Waals surface area (Å²) < 4.78 is 29.5. The van der Waals surface area contributed by atoms with Gasteiger partial charge in [0.1, 0.15) is 18.2 Å². The van der Waals surface area contributed by atoms with E-state index in [4.69, 9.17) is 14.2 Å². The largest absolute Gasteiger partial charge is 0.493 e. The Balaban J connectivity index is 1.42. The third-order valence-electron chi connectivity index (χ3n) is 4.74. The zero-order valence-electron chi connectivity index (χ0n) is 19.4. The Bertz CT molecular complexity index is 1160. The van der Waals surface area contributed by atoms with Gasteiger partial charge in [0.15, 0.2) is 18.1 Å². The smallest absolute Gasteiger partial charge is 0.259 e. The first kappa shape index (κ1) is 25.2. The molecule has 3 aromatic rings. The number of aryl methyl sites for hydroxylation is 1. The van der Waals surface area contributed by atoms with Crippen LogP contribution in [0.25, 0.3) is 0 Å². The molecule has 0 aliphatic heterocycles. The third kappa shape index (κ3) is 8.47. The van der Waals surface area contributed by atoms with Crippen molar-refractivity contribution < 1.29 is 28.2 Å². The molecule has 9 heteroatoms. The van der Waals surface area contributed by atoms with E-state index in [0.29, 0.717) is 22.8 Å². The number of hydrogen-bond donors (Lipinski definition) is 2. The van der Waals surface area contributed by atoms with Crippen molar-refractivity contribution in [3.63, 3.8) is 0 Å². The van der Waals surface area contributed by atoms with Gasteiger partial charge in [-0.15, -0.1) is 0 Å². The number of amides is 2. The zero-order chi connectivity index (χ0) is 25.0. The van der Waals surface area contributed by atoms with Crippen molar-refractivity contribution in [1.29, 1.82) is 0 Å². The van der Waals surface area contributed by atoms with Crippen LogP contribution in [0, 0.1) is 12.7 Å². The maximum absolute atomic E-state index is 13.0. The van der Waals surface area contributed by atoms with Crippen LogP contribution in [-0.2, 0) is 16.2 Å². The zero-order valence-corrected chi connectivity index (χ0v) is 19.4. The van der Waals surface area contributed by atoms with Crippen LogP contribution in [0.4, 0.5) is 4.39 Å². The number of halogens is 1. The van der Waals surface area contributed by atoms with E-state index in [1.165, 1.54) is 25.5 Å². The highest BCUT2D eigenvalue weighted by Crippen LogP contribution is 2.28. The van der Waals surface area contributed by atoms with E-state index in [9.17, 15) is 14.0 Å². The Labute approximate surface area is 202 Å². The second-order valence-corrected chi connectivity index (χ2v) is 7.50. The van der Waals surface area contributed by atoms with Crippen molar-refractivity contribution in [3.05, 3.63) is 89.2 Å². The predicted molar refractivity (Wildman–Crippen MR) is 129 cm³/mol. The van der Waals surface area contributed by atoms with Crippen molar-refractivity contribution in [1.82, 2.24) is 10.7 Å². The number of benzene rings is 3. The minimum absolute atomic E-state index is 0.199. The molecular formula is C26H26FN3O5. The van der Waals surface area contributed by atoms with Crippen molar-refractivity contribution in [2.24, 2.45) is 5.10 Å². The van der Waals surface area contributed by atoms with E-state index in [2.05, 4.69) is 15.8 Å². The molecule has 0 spiro atoms. The second-order valence-electron chi connectivity index (χ2n) is 7.50. The number of nitrogens with zero attached hydrogens (tertiary/aromatic N) is 1. The van der Waals surface area contributed by atoms with Crippen molar-refractivity contribution in [2.45, 2.75) is 13.5 Å². The van der Waals surface area contributed by atoms with Crippen LogP contribution in [0.15, 0.2) is 71.8 Å². The Morgan fingerprint density at radius 3 is 2.40 bits per heavy atom. The molecule has 2 N–H and O–H groups in total. The summed E-state index contributed by atoms with van der Waals surface area (Å²) in [6.07, 6.45) is 1.44. The summed E-state index contributed by atoms with van der Waals surface area (Å²) in [6, 6.07) is 18.5. The number of carbonyl (C=O) groups excluding carboxylic acids is 2. The van der Waals surface area contributed by atoms with Crippen LogP contribution >= 0.6 is 0 Å². The lowest BCUT2D eigenvalue weighted by Gasteiger charge is -2.11. The Morgan fingerprint density at radius 2 is 1.69 bits per heavy atom. The highest BCUT2D eigenvalue weighted by atomic mass is 19.1. The van der Waals surface area contributed by atoms with Gasteiger partial charge in [0.25, 0.3) is 11.8 Å². The molecule has 35 heavy (non-hydrogen) atoms. The van der Waals surface area contributed by atoms with Crippen LogP contribution < -0.4 is 25.0 Å². The average molecular weight is 480 g/mol. The molecule has 8 nitrogen and oxygen atoms in total. The van der Waals surface area contributed by atoms with Gasteiger partial charge in [0.2, 0.25) is 0 Å². The highest BCUT2D eigenvalue weighted by molar-refractivity contribution is 5.87. The van der Waals surface area contributed by atoms with Crippen molar-refractivity contribution in [3.8, 4) is 17.2 Å². The predicted octanol–water partition coefficient (Wildman–Crippen LogP) is 3.37. The molecule has 0 radical (unpaired) electrons. The fourth-order valence-electron chi connectivity index (χ4n) is 2.86. The Hall–Kier alpha value is -4.40. The lowest BCUT2D eigenvalue weighted by molar-refractivity contribution is -0.127. The number of methoxy groups -OCH3 is 1. The molecular weight excluding hydrogens is 453 g/mol. The van der Waals surface area contributed by atoms with Gasteiger partial charge in [-0.05, 0) is 60.5 Å². The van der Waals surface area contributed by atoms with E-state index < -0.39 is 11.8 Å². The number of rotatable bonds is 11. The normalized spacial score (nSPS) is 10.6. The average Bonchev–Trinajstić information content (AvgIpc) is 2.87. The van der Waals surface area contributed by atoms with Crippen LogP contribution in [0.1, 0.15) is 16.7 Å². The SMILES string of the molecule is COc1cc(/C=N/NC(=O)CNC(=O)COc2ccc(C)cc2)ccc1OCc1ccc(F)cc1. The fraction of sp³-hybridized carbons (Fsp3) is 0.192. The molecule has 0 bridgehead atoms. The van der Waals surface area contributed by atoms with Gasteiger partial charge in [-0.2, -0.15) is 5.10 Å². The quantitative estimate of drug-likeness (QED) is 0.325. The van der Waals surface area contributed by atoms with Crippen LogP contribution in [0.5, 0.6) is 17.2 Å². The first-order chi connectivity index (χ1) is 16.9. The summed E-state index contributed by atoms with van der Waals surface area (Å²) in [5.74, 6) is 0.331. The van der Waals surface area contributed by atoms with E-state index in [1.807, 2.05) is 19.1 Å². The third-order valence-corrected chi connectivity index (χ3v) is 4.74. The number of carbonyl (C=O) groups is 2. The van der Waals surface area contributed by atoms with Crippen LogP contribution in [-0.4, -0.2) is 38.3 Å². The van der Waals surface area contributed by atoms with Gasteiger partial charge in [0.05, 0.1) is 19.9 Å². The van der Waals surface area contributed by atoms with Gasteiger partial charge in [-0.3, -0.25) is 9.59 Å². The Morgan fingerprint density at radius 1 is 0.943 bits per heavy atom. The summed E-state index contributed by atoms with van der Waals surface area (Å²) in [7, 11) is 1.51. The number of hydrogen-bond acceptors (Lipinski definition) is 6. The van der Waals surface area contributed by atoms with E-state index in [1.54, 1.807) is 42.5 Å². The molecule has 182 valence electrons. The molecule has 0 fully saturated rings. The lowest BCUT2D eigenvalue weighted by atomic mass is 10.2. The minimum atomic E-state index is -0.490. The molecule has 0 aliphatic carbocycles. The fourth-order valence-corrected chi connectivity index (χ4v) is 2.86. The number of nitrogens with one attached hydrogen (secondary N) is 2. The summed E-state index contributed by atoms with van der Waals surface area (Å²) in [5.41, 5.74) is 4.90. The van der Waals surface area contributed by atoms with Crippen LogP contribution in [0.2, 0.25) is 0 Å². The summed E-state index contributed by atoms with van der Waals surface area (Å²) >= 11 is 0. The van der Waals surface area contributed by atoms with Crippen LogP contribution in [0.3, 0.4) is 0 Å². The summed E-state index contributed by atoms with van der Waals surface area (Å²) in [4.78, 5) is 23.8. The molecule has 0 aliphatic rings. The van der Waals surface area contributed by atoms with Crippen molar-refractivity contribution >= 4 is 18.0 Å². The lowest BCUT2D eigenvalue weighted by Crippen LogP contribution is -2.37. The Kier molecular flexibility index (Phi) is 9.18. The summed E-state index contributed by atoms with van der Waals surface area (Å²) in [6.45, 7) is 1.76. The maximum Gasteiger partial charge on any atom is 0.259 e. The molecule has 0 heterocycles. The van der Waals surface area contributed by atoms with E-state index >= 15 is 0 Å². The molecule has 0 aromatic heterocycles. The van der Waals surface area contributed by atoms with Gasteiger partial charge in [-0.1, -0.05) is 29.8 Å². The standard InChI is InChI=1S/C26H26FN3O5/c1-18-3-10-22(11-4-18)34-17-26(32)28-15-25(31)30-29-14-20-7-12-23(24(13-20)33-2)35-16-19-5-8-21(27)9-6-19/h3-14H,15-17H2,1-2H3,(H,28,32)(H,30,31)/b29-14+. The molecule has 0 saturated carbocycles. The first-order valence-corrected chi connectivity index (χ1v) is 10.8. The number of hydrazone groups is 1. The van der Waals surface area contributed by atoms with Gasteiger partial charge >= 0.3 is 0 Å². The van der Waals surface area contributed by atoms with Gasteiger partial charge in [0, 0.05) is 0 Å². The topological polar surface area (TPSA) is 98.2 Å². The monoisotopic (exact) mass is 479 g/mol. The van der Waals surface area contributed by atoms with Gasteiger partial charge in [-0.25, -0.2) is 9.82 Å². The van der Waals surface area contributed by atoms with E-state index in [0.717, 1.165) is 11.1 Å².